The van der Waals surface area contributed by atoms with Crippen LogP contribution in [0.3, 0.4) is 0 Å². The fourth-order valence-electron chi connectivity index (χ4n) is 2.23. The Morgan fingerprint density at radius 1 is 1.35 bits per heavy atom. The summed E-state index contributed by atoms with van der Waals surface area (Å²) in [5.74, 6) is 0.508. The monoisotopic (exact) mass is 253 g/mol. The molecule has 1 aliphatic rings. The molecule has 0 saturated heterocycles. The van der Waals surface area contributed by atoms with Crippen LogP contribution in [0.5, 0.6) is 0 Å². The maximum atomic E-state index is 12.2. The van der Waals surface area contributed by atoms with Crippen LogP contribution in [0.2, 0.25) is 5.15 Å². The van der Waals surface area contributed by atoms with Crippen molar-refractivity contribution in [2.45, 2.75) is 39.0 Å². The summed E-state index contributed by atoms with van der Waals surface area (Å²) >= 11 is 5.75. The molecular formula is C12H16ClN3O. The Kier molecular flexibility index (Phi) is 3.62. The van der Waals surface area contributed by atoms with Gasteiger partial charge in [-0.2, -0.15) is 0 Å². The maximum Gasteiger partial charge on any atom is 0.231 e. The van der Waals surface area contributed by atoms with Crippen molar-refractivity contribution in [3.8, 4) is 0 Å². The summed E-state index contributed by atoms with van der Waals surface area (Å²) < 4.78 is 0. The summed E-state index contributed by atoms with van der Waals surface area (Å²) in [5, 5.41) is 3.16. The van der Waals surface area contributed by atoms with Crippen LogP contribution in [-0.4, -0.2) is 15.9 Å². The van der Waals surface area contributed by atoms with E-state index in [4.69, 9.17) is 11.6 Å². The van der Waals surface area contributed by atoms with Crippen LogP contribution < -0.4 is 5.32 Å². The summed E-state index contributed by atoms with van der Waals surface area (Å²) in [6, 6.07) is 1.56. The molecule has 1 aliphatic carbocycles. The van der Waals surface area contributed by atoms with Gasteiger partial charge in [0.05, 0.1) is 0 Å². The average Bonchev–Trinajstić information content (AvgIpc) is 2.30. The number of hydrogen-bond donors (Lipinski definition) is 1. The number of aromatic nitrogens is 2. The van der Waals surface area contributed by atoms with Crippen molar-refractivity contribution in [2.24, 2.45) is 5.41 Å². The molecule has 0 aromatic carbocycles. The zero-order valence-electron chi connectivity index (χ0n) is 9.87. The molecule has 1 N–H and O–H groups in total. The van der Waals surface area contributed by atoms with Gasteiger partial charge in [0.2, 0.25) is 5.91 Å². The minimum atomic E-state index is -0.268. The number of amides is 1. The molecule has 0 radical (unpaired) electrons. The molecule has 2 rings (SSSR count). The fourth-order valence-corrected chi connectivity index (χ4v) is 2.38. The number of rotatable bonds is 2. The second kappa shape index (κ2) is 5.00. The van der Waals surface area contributed by atoms with Crippen LogP contribution in [0.15, 0.2) is 12.4 Å². The van der Waals surface area contributed by atoms with Gasteiger partial charge < -0.3 is 5.32 Å². The number of carbonyl (C=O) groups excluding carboxylic acids is 1. The lowest BCUT2D eigenvalue weighted by Gasteiger charge is -2.31. The third-order valence-corrected chi connectivity index (χ3v) is 3.59. The molecule has 5 heteroatoms. The van der Waals surface area contributed by atoms with E-state index in [0.29, 0.717) is 11.0 Å². The van der Waals surface area contributed by atoms with Gasteiger partial charge in [0.25, 0.3) is 0 Å². The molecule has 0 aliphatic heterocycles. The Labute approximate surface area is 106 Å². The Morgan fingerprint density at radius 3 is 2.71 bits per heavy atom. The number of carbonyl (C=O) groups is 1. The first kappa shape index (κ1) is 12.3. The van der Waals surface area contributed by atoms with Crippen molar-refractivity contribution in [3.05, 3.63) is 17.5 Å². The Hall–Kier alpha value is -1.16. The first-order valence-electron chi connectivity index (χ1n) is 5.89. The van der Waals surface area contributed by atoms with Crippen molar-refractivity contribution >= 4 is 23.3 Å². The van der Waals surface area contributed by atoms with Gasteiger partial charge in [-0.3, -0.25) is 4.79 Å². The zero-order chi connectivity index (χ0) is 12.3. The quantitative estimate of drug-likeness (QED) is 0.825. The molecule has 1 aromatic rings. The fraction of sp³-hybridized carbons (Fsp3) is 0.583. The predicted octanol–water partition coefficient (Wildman–Crippen LogP) is 3.04. The molecule has 1 amide bonds. The molecule has 0 bridgehead atoms. The second-order valence-corrected chi connectivity index (χ2v) is 5.19. The van der Waals surface area contributed by atoms with Crippen molar-refractivity contribution in [1.29, 1.82) is 0 Å². The minimum absolute atomic E-state index is 0.0342. The maximum absolute atomic E-state index is 12.2. The van der Waals surface area contributed by atoms with Gasteiger partial charge in [0.1, 0.15) is 17.3 Å². The largest absolute Gasteiger partial charge is 0.310 e. The molecule has 0 spiro atoms. The van der Waals surface area contributed by atoms with E-state index in [9.17, 15) is 4.79 Å². The van der Waals surface area contributed by atoms with E-state index in [0.717, 1.165) is 25.7 Å². The average molecular weight is 254 g/mol. The molecule has 1 aromatic heterocycles. The summed E-state index contributed by atoms with van der Waals surface area (Å²) in [7, 11) is 0. The molecule has 1 heterocycles. The summed E-state index contributed by atoms with van der Waals surface area (Å²) in [4.78, 5) is 19.9. The number of nitrogens with one attached hydrogen (secondary N) is 1. The third kappa shape index (κ3) is 2.94. The van der Waals surface area contributed by atoms with E-state index >= 15 is 0 Å². The highest BCUT2D eigenvalue weighted by Crippen LogP contribution is 2.36. The van der Waals surface area contributed by atoms with Gasteiger partial charge in [-0.1, -0.05) is 37.8 Å². The highest BCUT2D eigenvalue weighted by atomic mass is 35.5. The number of nitrogens with zero attached hydrogens (tertiary/aromatic N) is 2. The van der Waals surface area contributed by atoms with E-state index in [1.54, 1.807) is 6.07 Å². The SMILES string of the molecule is CC1(C(=O)Nc2cc(Cl)ncn2)CCCCC1. The Morgan fingerprint density at radius 2 is 2.06 bits per heavy atom. The van der Waals surface area contributed by atoms with Crippen LogP contribution in [0.4, 0.5) is 5.82 Å². The molecule has 0 atom stereocenters. The highest BCUT2D eigenvalue weighted by Gasteiger charge is 2.34. The molecule has 17 heavy (non-hydrogen) atoms. The molecule has 0 unspecified atom stereocenters. The van der Waals surface area contributed by atoms with Crippen LogP contribution in [-0.2, 0) is 4.79 Å². The number of anilines is 1. The predicted molar refractivity (Wildman–Crippen MR) is 66.9 cm³/mol. The lowest BCUT2D eigenvalue weighted by Crippen LogP contribution is -2.35. The van der Waals surface area contributed by atoms with E-state index in [1.807, 2.05) is 6.92 Å². The van der Waals surface area contributed by atoms with Gasteiger partial charge in [-0.15, -0.1) is 0 Å². The third-order valence-electron chi connectivity index (χ3n) is 3.38. The first-order chi connectivity index (χ1) is 8.10. The topological polar surface area (TPSA) is 54.9 Å². The van der Waals surface area contributed by atoms with Crippen molar-refractivity contribution < 1.29 is 4.79 Å². The summed E-state index contributed by atoms with van der Waals surface area (Å²) in [6.07, 6.45) is 6.70. The molecular weight excluding hydrogens is 238 g/mol. The van der Waals surface area contributed by atoms with Crippen molar-refractivity contribution in [3.63, 3.8) is 0 Å². The van der Waals surface area contributed by atoms with E-state index in [-0.39, 0.29) is 11.3 Å². The van der Waals surface area contributed by atoms with Crippen LogP contribution in [0.25, 0.3) is 0 Å². The highest BCUT2D eigenvalue weighted by molar-refractivity contribution is 6.29. The second-order valence-electron chi connectivity index (χ2n) is 4.80. The number of hydrogen-bond acceptors (Lipinski definition) is 3. The smallest absolute Gasteiger partial charge is 0.231 e. The molecule has 4 nitrogen and oxygen atoms in total. The number of halogens is 1. The Balaban J connectivity index is 2.05. The van der Waals surface area contributed by atoms with Gasteiger partial charge in [-0.05, 0) is 12.8 Å². The summed E-state index contributed by atoms with van der Waals surface area (Å²) in [5.41, 5.74) is -0.268. The van der Waals surface area contributed by atoms with Gasteiger partial charge in [0, 0.05) is 11.5 Å². The van der Waals surface area contributed by atoms with Gasteiger partial charge >= 0.3 is 0 Å². The van der Waals surface area contributed by atoms with Gasteiger partial charge in [0.15, 0.2) is 0 Å². The lowest BCUT2D eigenvalue weighted by molar-refractivity contribution is -0.126. The zero-order valence-corrected chi connectivity index (χ0v) is 10.6. The molecule has 1 saturated carbocycles. The van der Waals surface area contributed by atoms with Crippen molar-refractivity contribution in [2.75, 3.05) is 5.32 Å². The van der Waals surface area contributed by atoms with Crippen LogP contribution in [0, 0.1) is 5.41 Å². The van der Waals surface area contributed by atoms with E-state index in [1.165, 1.54) is 12.7 Å². The van der Waals surface area contributed by atoms with E-state index < -0.39 is 0 Å². The minimum Gasteiger partial charge on any atom is -0.310 e. The summed E-state index contributed by atoms with van der Waals surface area (Å²) in [6.45, 7) is 2.02. The Bertz CT molecular complexity index is 416. The van der Waals surface area contributed by atoms with E-state index in [2.05, 4.69) is 15.3 Å². The van der Waals surface area contributed by atoms with Crippen molar-refractivity contribution in [1.82, 2.24) is 9.97 Å². The lowest BCUT2D eigenvalue weighted by atomic mass is 9.75. The van der Waals surface area contributed by atoms with Gasteiger partial charge in [-0.25, -0.2) is 9.97 Å². The molecule has 1 fully saturated rings. The first-order valence-corrected chi connectivity index (χ1v) is 6.27. The van der Waals surface area contributed by atoms with Crippen LogP contribution in [0.1, 0.15) is 39.0 Å². The normalized spacial score (nSPS) is 18.7. The standard InChI is InChI=1S/C12H16ClN3O/c1-12(5-3-2-4-6-12)11(17)16-10-7-9(13)14-8-15-10/h7-8H,2-6H2,1H3,(H,14,15,16,17). The molecule has 92 valence electrons. The van der Waals surface area contributed by atoms with Crippen LogP contribution >= 0.6 is 11.6 Å².